The molecule has 1 heterocycles. The lowest BCUT2D eigenvalue weighted by Crippen LogP contribution is -2.59. The summed E-state index contributed by atoms with van der Waals surface area (Å²) in [5.74, 6) is 0.506. The van der Waals surface area contributed by atoms with Gasteiger partial charge in [-0.15, -0.1) is 0 Å². The van der Waals surface area contributed by atoms with Gasteiger partial charge in [-0.3, -0.25) is 0 Å². The number of aliphatic hydroxyl groups excluding tert-OH is 5. The summed E-state index contributed by atoms with van der Waals surface area (Å²) in [4.78, 5) is 0. The minimum absolute atomic E-state index is 0.0139. The molecule has 36 heavy (non-hydrogen) atoms. The maximum atomic E-state index is 10.7. The number of aryl methyl sites for hydroxylation is 2. The van der Waals surface area contributed by atoms with Crippen molar-refractivity contribution >= 4 is 0 Å². The Balaban J connectivity index is 1.67. The predicted molar refractivity (Wildman–Crippen MR) is 129 cm³/mol. The molecule has 2 aromatic carbocycles. The van der Waals surface area contributed by atoms with Crippen molar-refractivity contribution in [2.24, 2.45) is 0 Å². The van der Waals surface area contributed by atoms with Crippen LogP contribution in [0.25, 0.3) is 0 Å². The molecule has 10 nitrogen and oxygen atoms in total. The number of rotatable bonds is 12. The molecule has 7 atom stereocenters. The van der Waals surface area contributed by atoms with Gasteiger partial charge >= 0.3 is 0 Å². The fourth-order valence-corrected chi connectivity index (χ4v) is 4.23. The Morgan fingerprint density at radius 2 is 1.56 bits per heavy atom. The van der Waals surface area contributed by atoms with Crippen LogP contribution in [0.2, 0.25) is 0 Å². The van der Waals surface area contributed by atoms with Gasteiger partial charge in [0.05, 0.1) is 25.9 Å². The van der Waals surface area contributed by atoms with E-state index >= 15 is 0 Å². The molecule has 0 amide bonds. The van der Waals surface area contributed by atoms with Gasteiger partial charge < -0.3 is 50.0 Å². The summed E-state index contributed by atoms with van der Waals surface area (Å²) in [6.07, 6.45) is -6.32. The van der Waals surface area contributed by atoms with Crippen LogP contribution in [-0.2, 0) is 22.3 Å². The van der Waals surface area contributed by atoms with Gasteiger partial charge in [0.15, 0.2) is 17.8 Å². The monoisotopic (exact) mass is 508 g/mol. The van der Waals surface area contributed by atoms with Crippen molar-refractivity contribution in [1.82, 2.24) is 0 Å². The number of hydrogen-bond acceptors (Lipinski definition) is 10. The second-order valence-electron chi connectivity index (χ2n) is 9.09. The fourth-order valence-electron chi connectivity index (χ4n) is 4.23. The molecule has 3 rings (SSSR count). The van der Waals surface area contributed by atoms with Crippen molar-refractivity contribution in [2.45, 2.75) is 75.0 Å². The maximum absolute atomic E-state index is 10.7. The number of benzene rings is 2. The summed E-state index contributed by atoms with van der Waals surface area (Å²) in [6.45, 7) is -0.571. The molecule has 0 saturated carbocycles. The zero-order chi connectivity index (χ0) is 26.2. The molecule has 200 valence electrons. The van der Waals surface area contributed by atoms with Gasteiger partial charge in [-0.1, -0.05) is 18.2 Å². The number of phenols is 2. The van der Waals surface area contributed by atoms with Crippen molar-refractivity contribution in [3.8, 4) is 17.2 Å². The van der Waals surface area contributed by atoms with Crippen LogP contribution in [0.3, 0.4) is 0 Å². The smallest absolute Gasteiger partial charge is 0.186 e. The third kappa shape index (κ3) is 7.53. The molecule has 0 radical (unpaired) electrons. The number of aliphatic hydroxyl groups is 5. The Hall–Kier alpha value is -2.44. The molecule has 1 saturated heterocycles. The van der Waals surface area contributed by atoms with Crippen LogP contribution < -0.4 is 4.74 Å². The van der Waals surface area contributed by atoms with Gasteiger partial charge in [0, 0.05) is 0 Å². The molecule has 1 fully saturated rings. The molecule has 1 aliphatic heterocycles. The van der Waals surface area contributed by atoms with Crippen LogP contribution in [0.1, 0.15) is 30.4 Å². The highest BCUT2D eigenvalue weighted by molar-refractivity contribution is 5.41. The Labute approximate surface area is 209 Å². The third-order valence-corrected chi connectivity index (χ3v) is 6.41. The molecule has 10 heteroatoms. The van der Waals surface area contributed by atoms with E-state index in [1.54, 1.807) is 36.4 Å². The minimum Gasteiger partial charge on any atom is -0.508 e. The maximum Gasteiger partial charge on any atom is 0.186 e. The highest BCUT2D eigenvalue weighted by Crippen LogP contribution is 2.29. The molecular formula is C26H36O10. The van der Waals surface area contributed by atoms with E-state index in [0.717, 1.165) is 11.1 Å². The lowest BCUT2D eigenvalue weighted by molar-refractivity contribution is -0.313. The number of ether oxygens (including phenoxy) is 3. The summed E-state index contributed by atoms with van der Waals surface area (Å²) in [6, 6.07) is 11.7. The van der Waals surface area contributed by atoms with E-state index in [1.807, 2.05) is 0 Å². The van der Waals surface area contributed by atoms with Crippen LogP contribution in [0, 0.1) is 0 Å². The summed E-state index contributed by atoms with van der Waals surface area (Å²) in [7, 11) is 1.45. The summed E-state index contributed by atoms with van der Waals surface area (Å²) < 4.78 is 16.6. The van der Waals surface area contributed by atoms with E-state index in [9.17, 15) is 35.7 Å². The lowest BCUT2D eigenvalue weighted by atomic mass is 9.97. The first-order valence-corrected chi connectivity index (χ1v) is 12.0. The van der Waals surface area contributed by atoms with Crippen molar-refractivity contribution in [1.29, 1.82) is 0 Å². The van der Waals surface area contributed by atoms with Gasteiger partial charge in [0.1, 0.15) is 30.2 Å². The van der Waals surface area contributed by atoms with Crippen molar-refractivity contribution in [2.75, 3.05) is 13.7 Å². The van der Waals surface area contributed by atoms with E-state index in [1.165, 1.54) is 13.2 Å². The average Bonchev–Trinajstić information content (AvgIpc) is 2.87. The first-order chi connectivity index (χ1) is 17.2. The van der Waals surface area contributed by atoms with Gasteiger partial charge in [0.25, 0.3) is 0 Å². The molecule has 0 bridgehead atoms. The molecule has 7 N–H and O–H groups in total. The van der Waals surface area contributed by atoms with E-state index in [2.05, 4.69) is 0 Å². The zero-order valence-electron chi connectivity index (χ0n) is 20.2. The van der Waals surface area contributed by atoms with Gasteiger partial charge in [0.2, 0.25) is 0 Å². The molecule has 0 aromatic heterocycles. The standard InChI is InChI=1S/C26H36O10/c1-34-21-12-16(6-11-20(21)30)5-10-19(13-18(29)9-4-15-2-7-17(28)8-3-15)35-26-25(33)24(32)23(31)22(14-27)36-26/h2-3,6-8,11-12,18-19,22-33H,4-5,9-10,13-14H2,1H3. The molecule has 0 aliphatic carbocycles. The number of hydrogen-bond donors (Lipinski definition) is 7. The Morgan fingerprint density at radius 1 is 0.889 bits per heavy atom. The molecule has 1 aliphatic rings. The summed E-state index contributed by atoms with van der Waals surface area (Å²) in [5, 5.41) is 70.0. The highest BCUT2D eigenvalue weighted by atomic mass is 16.7. The molecular weight excluding hydrogens is 472 g/mol. The quantitative estimate of drug-likeness (QED) is 0.216. The third-order valence-electron chi connectivity index (χ3n) is 6.41. The molecule has 2 aromatic rings. The van der Waals surface area contributed by atoms with Gasteiger partial charge in [-0.25, -0.2) is 0 Å². The molecule has 0 spiro atoms. The first kappa shape index (κ1) is 28.1. The molecule has 7 unspecified atom stereocenters. The summed E-state index contributed by atoms with van der Waals surface area (Å²) in [5.41, 5.74) is 1.81. The van der Waals surface area contributed by atoms with Crippen LogP contribution in [-0.4, -0.2) is 92.4 Å². The zero-order valence-corrected chi connectivity index (χ0v) is 20.2. The number of phenolic OH excluding ortho intramolecular Hbond substituents is 2. The van der Waals surface area contributed by atoms with Gasteiger partial charge in [-0.2, -0.15) is 0 Å². The minimum atomic E-state index is -1.57. The largest absolute Gasteiger partial charge is 0.508 e. The van der Waals surface area contributed by atoms with E-state index in [0.29, 0.717) is 31.4 Å². The number of methoxy groups -OCH3 is 1. The Kier molecular flexibility index (Phi) is 10.3. The average molecular weight is 509 g/mol. The predicted octanol–water partition coefficient (Wildman–Crippen LogP) is 0.608. The van der Waals surface area contributed by atoms with Crippen LogP contribution in [0.4, 0.5) is 0 Å². The van der Waals surface area contributed by atoms with Crippen LogP contribution in [0.15, 0.2) is 42.5 Å². The van der Waals surface area contributed by atoms with E-state index in [-0.39, 0.29) is 17.9 Å². The van der Waals surface area contributed by atoms with E-state index in [4.69, 9.17) is 14.2 Å². The second-order valence-corrected chi connectivity index (χ2v) is 9.09. The normalized spacial score (nSPS) is 25.9. The Bertz CT molecular complexity index is 935. The van der Waals surface area contributed by atoms with E-state index < -0.39 is 49.5 Å². The van der Waals surface area contributed by atoms with Crippen molar-refractivity contribution in [3.63, 3.8) is 0 Å². The van der Waals surface area contributed by atoms with Crippen molar-refractivity contribution < 1.29 is 50.0 Å². The van der Waals surface area contributed by atoms with Crippen LogP contribution in [0.5, 0.6) is 17.2 Å². The second kappa shape index (κ2) is 13.2. The van der Waals surface area contributed by atoms with Crippen molar-refractivity contribution in [3.05, 3.63) is 53.6 Å². The Morgan fingerprint density at radius 3 is 2.22 bits per heavy atom. The summed E-state index contributed by atoms with van der Waals surface area (Å²) >= 11 is 0. The van der Waals surface area contributed by atoms with Crippen LogP contribution >= 0.6 is 0 Å². The highest BCUT2D eigenvalue weighted by Gasteiger charge is 2.44. The number of aromatic hydroxyl groups is 2. The first-order valence-electron chi connectivity index (χ1n) is 12.0. The van der Waals surface area contributed by atoms with Gasteiger partial charge in [-0.05, 0) is 67.5 Å². The topological polar surface area (TPSA) is 169 Å². The SMILES string of the molecule is COc1cc(CCC(CC(O)CCc2ccc(O)cc2)OC2OC(CO)C(O)C(O)C2O)ccc1O. The fraction of sp³-hybridized carbons (Fsp3) is 0.538. The lowest BCUT2D eigenvalue weighted by Gasteiger charge is -2.41.